The molecular formula is C18H27N3O3. The SMILES string of the molecule is CC1CCC(n2cnc(C[C@@H]3C[C@H](C)CN(C(=O)O)C3=O)c2)CC1. The van der Waals surface area contributed by atoms with Crippen LogP contribution in [0, 0.1) is 17.8 Å². The van der Waals surface area contributed by atoms with Gasteiger partial charge in [0.25, 0.3) is 0 Å². The number of rotatable bonds is 3. The first-order valence-corrected chi connectivity index (χ1v) is 9.00. The van der Waals surface area contributed by atoms with E-state index in [1.807, 2.05) is 13.3 Å². The van der Waals surface area contributed by atoms with Gasteiger partial charge in [0, 0.05) is 31.1 Å². The van der Waals surface area contributed by atoms with Crippen molar-refractivity contribution in [3.8, 4) is 0 Å². The third-order valence-corrected chi connectivity index (χ3v) is 5.54. The van der Waals surface area contributed by atoms with Gasteiger partial charge in [-0.1, -0.05) is 13.8 Å². The molecule has 2 aliphatic rings. The average molecular weight is 333 g/mol. The van der Waals surface area contributed by atoms with Crippen LogP contribution in [0.4, 0.5) is 4.79 Å². The minimum absolute atomic E-state index is 0.200. The molecule has 132 valence electrons. The smallest absolute Gasteiger partial charge is 0.414 e. The van der Waals surface area contributed by atoms with Crippen LogP contribution in [0.15, 0.2) is 12.5 Å². The Balaban J connectivity index is 1.65. The first-order chi connectivity index (χ1) is 11.4. The van der Waals surface area contributed by atoms with Gasteiger partial charge in [-0.3, -0.25) is 4.79 Å². The number of aromatic nitrogens is 2. The molecule has 6 nitrogen and oxygen atoms in total. The Hall–Kier alpha value is -1.85. The van der Waals surface area contributed by atoms with Crippen molar-refractivity contribution in [1.29, 1.82) is 0 Å². The fourth-order valence-corrected chi connectivity index (χ4v) is 4.10. The fourth-order valence-electron chi connectivity index (χ4n) is 4.10. The molecular weight excluding hydrogens is 306 g/mol. The van der Waals surface area contributed by atoms with Crippen LogP contribution >= 0.6 is 0 Å². The fraction of sp³-hybridized carbons (Fsp3) is 0.722. The van der Waals surface area contributed by atoms with E-state index in [2.05, 4.69) is 22.7 Å². The minimum atomic E-state index is -1.14. The number of imide groups is 1. The maximum Gasteiger partial charge on any atom is 0.414 e. The largest absolute Gasteiger partial charge is 0.465 e. The van der Waals surface area contributed by atoms with Gasteiger partial charge in [-0.05, 0) is 43.9 Å². The average Bonchev–Trinajstić information content (AvgIpc) is 2.99. The number of amides is 2. The summed E-state index contributed by atoms with van der Waals surface area (Å²) in [4.78, 5) is 29.1. The van der Waals surface area contributed by atoms with E-state index in [4.69, 9.17) is 0 Å². The van der Waals surface area contributed by atoms with Gasteiger partial charge in [-0.15, -0.1) is 0 Å². The zero-order valence-corrected chi connectivity index (χ0v) is 14.5. The summed E-state index contributed by atoms with van der Waals surface area (Å²) in [6, 6.07) is 0.513. The highest BCUT2D eigenvalue weighted by Crippen LogP contribution is 2.32. The topological polar surface area (TPSA) is 75.4 Å². The van der Waals surface area contributed by atoms with Crippen molar-refractivity contribution < 1.29 is 14.7 Å². The zero-order chi connectivity index (χ0) is 17.3. The molecule has 3 rings (SSSR count). The maximum atomic E-state index is 12.4. The standard InChI is InChI=1S/C18H27N3O3/c1-12-3-5-16(6-4-12)20-10-15(19-11-20)8-14-7-13(2)9-21(17(14)22)18(23)24/h10-14,16H,3-9H2,1-2H3,(H,23,24)/t12?,13-,14-,16?/m0/s1. The van der Waals surface area contributed by atoms with E-state index < -0.39 is 6.09 Å². The Morgan fingerprint density at radius 2 is 1.96 bits per heavy atom. The number of hydrogen-bond donors (Lipinski definition) is 1. The van der Waals surface area contributed by atoms with Crippen LogP contribution in [0.5, 0.6) is 0 Å². The molecule has 0 aromatic carbocycles. The number of carbonyl (C=O) groups excluding carboxylic acids is 1. The lowest BCUT2D eigenvalue weighted by Gasteiger charge is -2.32. The van der Waals surface area contributed by atoms with Crippen molar-refractivity contribution in [3.05, 3.63) is 18.2 Å². The highest BCUT2D eigenvalue weighted by atomic mass is 16.4. The number of piperidine rings is 1. The summed E-state index contributed by atoms with van der Waals surface area (Å²) in [6.07, 6.45) is 8.93. The van der Waals surface area contributed by atoms with Crippen LogP contribution in [0.3, 0.4) is 0 Å². The Morgan fingerprint density at radius 3 is 2.62 bits per heavy atom. The third-order valence-electron chi connectivity index (χ3n) is 5.54. The lowest BCUT2D eigenvalue weighted by molar-refractivity contribution is -0.137. The molecule has 1 aromatic heterocycles. The molecule has 0 bridgehead atoms. The predicted octanol–water partition coefficient (Wildman–Crippen LogP) is 3.34. The summed E-state index contributed by atoms with van der Waals surface area (Å²) < 4.78 is 2.19. The molecule has 2 heterocycles. The van der Waals surface area contributed by atoms with E-state index in [0.29, 0.717) is 19.0 Å². The zero-order valence-electron chi connectivity index (χ0n) is 14.5. The molecule has 1 aliphatic carbocycles. The molecule has 24 heavy (non-hydrogen) atoms. The molecule has 6 heteroatoms. The molecule has 1 aromatic rings. The van der Waals surface area contributed by atoms with Crippen LogP contribution in [0.2, 0.25) is 0 Å². The van der Waals surface area contributed by atoms with Gasteiger partial charge in [0.15, 0.2) is 0 Å². The second-order valence-electron chi connectivity index (χ2n) is 7.70. The van der Waals surface area contributed by atoms with Crippen molar-refractivity contribution in [2.24, 2.45) is 17.8 Å². The van der Waals surface area contributed by atoms with E-state index in [9.17, 15) is 14.7 Å². The lowest BCUT2D eigenvalue weighted by Crippen LogP contribution is -2.47. The van der Waals surface area contributed by atoms with Gasteiger partial charge in [-0.2, -0.15) is 0 Å². The molecule has 2 fully saturated rings. The Morgan fingerprint density at radius 1 is 1.25 bits per heavy atom. The van der Waals surface area contributed by atoms with Crippen molar-refractivity contribution in [1.82, 2.24) is 14.5 Å². The molecule has 2 atom stereocenters. The minimum Gasteiger partial charge on any atom is -0.465 e. The Bertz CT molecular complexity index is 604. The number of likely N-dealkylation sites (tertiary alicyclic amines) is 1. The molecule has 1 N–H and O–H groups in total. The number of imidazole rings is 1. The summed E-state index contributed by atoms with van der Waals surface area (Å²) in [5, 5.41) is 9.19. The van der Waals surface area contributed by atoms with Gasteiger partial charge < -0.3 is 9.67 Å². The van der Waals surface area contributed by atoms with E-state index in [1.54, 1.807) is 0 Å². The molecule has 1 saturated carbocycles. The Kier molecular flexibility index (Phi) is 4.92. The second kappa shape index (κ2) is 6.95. The third kappa shape index (κ3) is 3.62. The van der Waals surface area contributed by atoms with Crippen molar-refractivity contribution >= 4 is 12.0 Å². The number of carboxylic acid groups (broad SMARTS) is 1. The molecule has 0 spiro atoms. The molecule has 2 amide bonds. The van der Waals surface area contributed by atoms with E-state index in [-0.39, 0.29) is 17.7 Å². The summed E-state index contributed by atoms with van der Waals surface area (Å²) >= 11 is 0. The second-order valence-corrected chi connectivity index (χ2v) is 7.70. The summed E-state index contributed by atoms with van der Waals surface area (Å²) in [6.45, 7) is 4.61. The highest BCUT2D eigenvalue weighted by molar-refractivity contribution is 5.93. The summed E-state index contributed by atoms with van der Waals surface area (Å²) in [5.74, 6) is 0.458. The van der Waals surface area contributed by atoms with Crippen LogP contribution in [0.1, 0.15) is 57.7 Å². The number of carbonyl (C=O) groups is 2. The first-order valence-electron chi connectivity index (χ1n) is 9.00. The van der Waals surface area contributed by atoms with Crippen molar-refractivity contribution in [2.45, 2.75) is 58.4 Å². The van der Waals surface area contributed by atoms with Gasteiger partial charge in [0.05, 0.1) is 12.0 Å². The lowest BCUT2D eigenvalue weighted by atomic mass is 9.86. The summed E-state index contributed by atoms with van der Waals surface area (Å²) in [7, 11) is 0. The molecule has 1 saturated heterocycles. The van der Waals surface area contributed by atoms with Crippen LogP contribution < -0.4 is 0 Å². The first kappa shape index (κ1) is 17.0. The van der Waals surface area contributed by atoms with Gasteiger partial charge in [0.1, 0.15) is 0 Å². The number of hydrogen-bond acceptors (Lipinski definition) is 3. The predicted molar refractivity (Wildman–Crippen MR) is 89.6 cm³/mol. The van der Waals surface area contributed by atoms with Gasteiger partial charge >= 0.3 is 6.09 Å². The van der Waals surface area contributed by atoms with E-state index >= 15 is 0 Å². The van der Waals surface area contributed by atoms with Gasteiger partial charge in [0.2, 0.25) is 5.91 Å². The van der Waals surface area contributed by atoms with Crippen LogP contribution in [0.25, 0.3) is 0 Å². The van der Waals surface area contributed by atoms with E-state index in [1.165, 1.54) is 25.7 Å². The maximum absolute atomic E-state index is 12.4. The van der Waals surface area contributed by atoms with Crippen molar-refractivity contribution in [3.63, 3.8) is 0 Å². The normalized spacial score (nSPS) is 31.2. The Labute approximate surface area is 142 Å². The molecule has 0 unspecified atom stereocenters. The van der Waals surface area contributed by atoms with Crippen LogP contribution in [-0.2, 0) is 11.2 Å². The van der Waals surface area contributed by atoms with Gasteiger partial charge in [-0.25, -0.2) is 14.7 Å². The number of nitrogens with zero attached hydrogens (tertiary/aromatic N) is 3. The van der Waals surface area contributed by atoms with E-state index in [0.717, 1.165) is 22.9 Å². The van der Waals surface area contributed by atoms with Crippen LogP contribution in [-0.4, -0.2) is 38.1 Å². The summed E-state index contributed by atoms with van der Waals surface area (Å²) in [5.41, 5.74) is 0.895. The quantitative estimate of drug-likeness (QED) is 0.920. The monoisotopic (exact) mass is 333 g/mol. The molecule has 0 radical (unpaired) electrons. The molecule has 1 aliphatic heterocycles. The highest BCUT2D eigenvalue weighted by Gasteiger charge is 2.36. The van der Waals surface area contributed by atoms with Crippen molar-refractivity contribution in [2.75, 3.05) is 6.54 Å².